The van der Waals surface area contributed by atoms with E-state index < -0.39 is 0 Å². The number of hydrazone groups is 1. The van der Waals surface area contributed by atoms with Crippen LogP contribution in [-0.4, -0.2) is 24.5 Å². The number of hydrogen-bond donors (Lipinski definition) is 2. The van der Waals surface area contributed by atoms with Crippen molar-refractivity contribution in [1.29, 1.82) is 0 Å². The zero-order valence-electron chi connectivity index (χ0n) is 13.5. The van der Waals surface area contributed by atoms with Crippen molar-refractivity contribution < 1.29 is 4.74 Å². The van der Waals surface area contributed by atoms with Crippen LogP contribution in [-0.2, 0) is 0 Å². The molecule has 5 heteroatoms. The van der Waals surface area contributed by atoms with Gasteiger partial charge in [0.2, 0.25) is 0 Å². The average Bonchev–Trinajstić information content (AvgIpc) is 2.41. The molecule has 0 saturated carbocycles. The van der Waals surface area contributed by atoms with Crippen LogP contribution in [0.2, 0.25) is 0 Å². The lowest BCUT2D eigenvalue weighted by Gasteiger charge is -2.15. The van der Waals surface area contributed by atoms with Crippen molar-refractivity contribution >= 4 is 23.5 Å². The third-order valence-electron chi connectivity index (χ3n) is 3.03. The number of nitrogens with one attached hydrogen (secondary N) is 2. The minimum absolute atomic E-state index is 0.398. The number of ether oxygens (including phenoxy) is 1. The molecule has 1 aromatic carbocycles. The molecule has 21 heavy (non-hydrogen) atoms. The highest BCUT2D eigenvalue weighted by atomic mass is 32.1. The van der Waals surface area contributed by atoms with Gasteiger partial charge in [-0.1, -0.05) is 13.8 Å². The SMILES string of the molecule is CCNC(=S)NN=Cc1cc(C(C)C)c(OCC)cc1C. The van der Waals surface area contributed by atoms with Gasteiger partial charge in [0, 0.05) is 6.54 Å². The number of benzene rings is 1. The summed E-state index contributed by atoms with van der Waals surface area (Å²) in [7, 11) is 0. The minimum atomic E-state index is 0.398. The lowest BCUT2D eigenvalue weighted by Crippen LogP contribution is -2.31. The van der Waals surface area contributed by atoms with E-state index in [9.17, 15) is 0 Å². The summed E-state index contributed by atoms with van der Waals surface area (Å²) in [5.74, 6) is 1.35. The fraction of sp³-hybridized carbons (Fsp3) is 0.500. The van der Waals surface area contributed by atoms with Gasteiger partial charge >= 0.3 is 0 Å². The van der Waals surface area contributed by atoms with Crippen molar-refractivity contribution in [1.82, 2.24) is 10.7 Å². The Hall–Kier alpha value is -1.62. The first kappa shape index (κ1) is 17.4. The molecule has 1 rings (SSSR count). The Kier molecular flexibility index (Phi) is 7.15. The fourth-order valence-corrected chi connectivity index (χ4v) is 2.14. The molecule has 0 radical (unpaired) electrons. The summed E-state index contributed by atoms with van der Waals surface area (Å²) in [5.41, 5.74) is 6.19. The molecule has 0 heterocycles. The second-order valence-electron chi connectivity index (χ2n) is 5.06. The quantitative estimate of drug-likeness (QED) is 0.481. The van der Waals surface area contributed by atoms with Gasteiger partial charge in [0.1, 0.15) is 5.75 Å². The summed E-state index contributed by atoms with van der Waals surface area (Å²) in [4.78, 5) is 0. The third-order valence-corrected chi connectivity index (χ3v) is 3.26. The largest absolute Gasteiger partial charge is 0.494 e. The van der Waals surface area contributed by atoms with Gasteiger partial charge in [0.15, 0.2) is 5.11 Å². The van der Waals surface area contributed by atoms with Crippen LogP contribution >= 0.6 is 12.2 Å². The lowest BCUT2D eigenvalue weighted by atomic mass is 9.97. The molecule has 4 nitrogen and oxygen atoms in total. The van der Waals surface area contributed by atoms with Crippen LogP contribution in [0.5, 0.6) is 5.75 Å². The van der Waals surface area contributed by atoms with Gasteiger partial charge in [0.05, 0.1) is 12.8 Å². The number of rotatable bonds is 6. The maximum absolute atomic E-state index is 5.72. The van der Waals surface area contributed by atoms with Crippen LogP contribution in [0.1, 0.15) is 50.3 Å². The van der Waals surface area contributed by atoms with E-state index in [0.29, 0.717) is 17.6 Å². The summed E-state index contributed by atoms with van der Waals surface area (Å²) < 4.78 is 5.72. The van der Waals surface area contributed by atoms with E-state index >= 15 is 0 Å². The van der Waals surface area contributed by atoms with Crippen LogP contribution in [0.3, 0.4) is 0 Å². The number of nitrogens with zero attached hydrogens (tertiary/aromatic N) is 1. The van der Waals surface area contributed by atoms with E-state index in [1.807, 2.05) is 13.8 Å². The highest BCUT2D eigenvalue weighted by Crippen LogP contribution is 2.29. The molecule has 0 spiro atoms. The standard InChI is InChI=1S/C16H25N3OS/c1-6-17-16(21)19-18-10-13-9-14(11(3)4)15(20-7-2)8-12(13)5/h8-11H,6-7H2,1-5H3,(H2,17,19,21). The Morgan fingerprint density at radius 1 is 1.38 bits per heavy atom. The number of thiocarbonyl (C=S) groups is 1. The summed E-state index contributed by atoms with van der Waals surface area (Å²) >= 11 is 5.07. The van der Waals surface area contributed by atoms with E-state index in [-0.39, 0.29) is 0 Å². The van der Waals surface area contributed by atoms with E-state index in [0.717, 1.165) is 23.4 Å². The Labute approximate surface area is 133 Å². The molecule has 0 aliphatic heterocycles. The van der Waals surface area contributed by atoms with Crippen molar-refractivity contribution in [3.63, 3.8) is 0 Å². The number of aryl methyl sites for hydroxylation is 1. The molecule has 2 N–H and O–H groups in total. The van der Waals surface area contributed by atoms with Crippen molar-refractivity contribution in [2.45, 2.75) is 40.5 Å². The van der Waals surface area contributed by atoms with Gasteiger partial charge in [-0.25, -0.2) is 0 Å². The molecule has 116 valence electrons. The van der Waals surface area contributed by atoms with Gasteiger partial charge in [-0.05, 0) is 67.7 Å². The first-order valence-corrected chi connectivity index (χ1v) is 7.74. The van der Waals surface area contributed by atoms with E-state index in [2.05, 4.69) is 48.7 Å². The van der Waals surface area contributed by atoms with Crippen molar-refractivity contribution in [2.75, 3.05) is 13.2 Å². The highest BCUT2D eigenvalue weighted by molar-refractivity contribution is 7.80. The second kappa shape index (κ2) is 8.62. The number of hydrogen-bond acceptors (Lipinski definition) is 3. The molecule has 0 bridgehead atoms. The predicted molar refractivity (Wildman–Crippen MR) is 93.4 cm³/mol. The molecule has 0 aliphatic carbocycles. The van der Waals surface area contributed by atoms with Crippen LogP contribution in [0.4, 0.5) is 0 Å². The summed E-state index contributed by atoms with van der Waals surface area (Å²) in [6, 6.07) is 4.20. The van der Waals surface area contributed by atoms with Crippen molar-refractivity contribution in [2.24, 2.45) is 5.10 Å². The molecule has 0 fully saturated rings. The summed E-state index contributed by atoms with van der Waals surface area (Å²) in [5, 5.41) is 7.70. The van der Waals surface area contributed by atoms with Crippen LogP contribution < -0.4 is 15.5 Å². The lowest BCUT2D eigenvalue weighted by molar-refractivity contribution is 0.335. The maximum Gasteiger partial charge on any atom is 0.186 e. The first-order chi connectivity index (χ1) is 9.99. The Balaban J connectivity index is 2.95. The highest BCUT2D eigenvalue weighted by Gasteiger charge is 2.10. The molecular weight excluding hydrogens is 282 g/mol. The molecule has 0 aromatic heterocycles. The van der Waals surface area contributed by atoms with Crippen molar-refractivity contribution in [3.8, 4) is 5.75 Å². The molecule has 1 aromatic rings. The smallest absolute Gasteiger partial charge is 0.186 e. The monoisotopic (exact) mass is 307 g/mol. The topological polar surface area (TPSA) is 45.7 Å². The Morgan fingerprint density at radius 2 is 2.10 bits per heavy atom. The van der Waals surface area contributed by atoms with E-state index in [4.69, 9.17) is 17.0 Å². The minimum Gasteiger partial charge on any atom is -0.494 e. The van der Waals surface area contributed by atoms with Gasteiger partial charge in [-0.3, -0.25) is 5.43 Å². The predicted octanol–water partition coefficient (Wildman–Crippen LogP) is 3.34. The molecule has 0 unspecified atom stereocenters. The van der Waals surface area contributed by atoms with Crippen LogP contribution in [0, 0.1) is 6.92 Å². The van der Waals surface area contributed by atoms with E-state index in [1.54, 1.807) is 6.21 Å². The summed E-state index contributed by atoms with van der Waals surface area (Å²) in [6.45, 7) is 11.8. The molecular formula is C16H25N3OS. The maximum atomic E-state index is 5.72. The van der Waals surface area contributed by atoms with Crippen LogP contribution in [0.15, 0.2) is 17.2 Å². The van der Waals surface area contributed by atoms with E-state index in [1.165, 1.54) is 5.56 Å². The van der Waals surface area contributed by atoms with Gasteiger partial charge in [-0.15, -0.1) is 0 Å². The van der Waals surface area contributed by atoms with Crippen molar-refractivity contribution in [3.05, 3.63) is 28.8 Å². The molecule has 0 atom stereocenters. The fourth-order valence-electron chi connectivity index (χ4n) is 1.95. The Bertz CT molecular complexity index is 512. The van der Waals surface area contributed by atoms with Gasteiger partial charge in [-0.2, -0.15) is 5.10 Å². The molecule has 0 saturated heterocycles. The molecule has 0 amide bonds. The average molecular weight is 307 g/mol. The first-order valence-electron chi connectivity index (χ1n) is 7.33. The molecule has 0 aliphatic rings. The third kappa shape index (κ3) is 5.34. The van der Waals surface area contributed by atoms with Gasteiger partial charge in [0.25, 0.3) is 0 Å². The zero-order chi connectivity index (χ0) is 15.8. The van der Waals surface area contributed by atoms with Gasteiger partial charge < -0.3 is 10.1 Å². The zero-order valence-corrected chi connectivity index (χ0v) is 14.3. The normalized spacial score (nSPS) is 11.0. The Morgan fingerprint density at radius 3 is 2.67 bits per heavy atom. The summed E-state index contributed by atoms with van der Waals surface area (Å²) in [6.07, 6.45) is 1.79. The second-order valence-corrected chi connectivity index (χ2v) is 5.47. The van der Waals surface area contributed by atoms with Crippen LogP contribution in [0.25, 0.3) is 0 Å².